The number of carbonyl (C=O) groups is 4. The van der Waals surface area contributed by atoms with Crippen LogP contribution >= 0.6 is 45.8 Å². The van der Waals surface area contributed by atoms with Crippen LogP contribution in [0.5, 0.6) is 11.5 Å². The van der Waals surface area contributed by atoms with E-state index in [0.717, 1.165) is 20.6 Å². The third-order valence-electron chi connectivity index (χ3n) is 9.51. The van der Waals surface area contributed by atoms with E-state index >= 15 is 0 Å². The van der Waals surface area contributed by atoms with Crippen LogP contribution in [0.1, 0.15) is 24.3 Å². The standard InChI is InChI=1S/C33H24Cl2FIN2O6/c1-45-25-14-20(40)10-11-22(25)27-21-12-13-23-26(29(42)38(28(23)41)18-8-4-17(37)5-9-18)24(21)15-32(34)30(43)39(31(44)33(27,32)35)19-6-2-16(36)3-7-19/h2-12,14,23-24,26-27,40H,13,15H2,1H3/t23-,24+,26-,27+,32+,33-/m0/s1. The molecular weight excluding hydrogens is 737 g/mol. The lowest BCUT2D eigenvalue weighted by Crippen LogP contribution is -2.60. The molecule has 3 aromatic rings. The Balaban J connectivity index is 1.41. The summed E-state index contributed by atoms with van der Waals surface area (Å²) >= 11 is 16.9. The Kier molecular flexibility index (Phi) is 7.06. The second-order valence-corrected chi connectivity index (χ2v) is 14.2. The molecule has 230 valence electrons. The maximum Gasteiger partial charge on any atom is 0.258 e. The number of rotatable bonds is 4. The van der Waals surface area contributed by atoms with Crippen molar-refractivity contribution >= 4 is 80.8 Å². The van der Waals surface area contributed by atoms with E-state index in [1.165, 1.54) is 36.3 Å². The second-order valence-electron chi connectivity index (χ2n) is 11.7. The lowest BCUT2D eigenvalue weighted by molar-refractivity contribution is -0.125. The number of anilines is 2. The van der Waals surface area contributed by atoms with Crippen molar-refractivity contribution in [3.63, 3.8) is 0 Å². The minimum Gasteiger partial charge on any atom is -0.508 e. The minimum absolute atomic E-state index is 0.0871. The molecule has 2 saturated heterocycles. The van der Waals surface area contributed by atoms with Crippen molar-refractivity contribution in [3.05, 3.63) is 93.3 Å². The molecule has 0 spiro atoms. The summed E-state index contributed by atoms with van der Waals surface area (Å²) in [5.74, 6) is -6.30. The highest BCUT2D eigenvalue weighted by atomic mass is 127. The lowest BCUT2D eigenvalue weighted by Gasteiger charge is -2.50. The zero-order valence-electron chi connectivity index (χ0n) is 23.5. The van der Waals surface area contributed by atoms with E-state index in [9.17, 15) is 28.7 Å². The van der Waals surface area contributed by atoms with Gasteiger partial charge in [0.15, 0.2) is 9.75 Å². The number of allylic oxidation sites excluding steroid dienone is 2. The van der Waals surface area contributed by atoms with Crippen LogP contribution < -0.4 is 14.5 Å². The number of hydrogen-bond donors (Lipinski definition) is 1. The third kappa shape index (κ3) is 4.14. The first-order chi connectivity index (χ1) is 21.4. The van der Waals surface area contributed by atoms with Crippen molar-refractivity contribution in [1.29, 1.82) is 0 Å². The smallest absolute Gasteiger partial charge is 0.258 e. The summed E-state index contributed by atoms with van der Waals surface area (Å²) in [6.07, 6.45) is 1.82. The molecule has 7 rings (SSSR count). The zero-order valence-corrected chi connectivity index (χ0v) is 27.2. The molecular formula is C33H24Cl2FIN2O6. The van der Waals surface area contributed by atoms with Gasteiger partial charge in [-0.05, 0) is 95.9 Å². The van der Waals surface area contributed by atoms with Crippen LogP contribution in [0.2, 0.25) is 0 Å². The Bertz CT molecular complexity index is 1840. The number of benzene rings is 3. The number of phenols is 1. The minimum atomic E-state index is -2.11. The topological polar surface area (TPSA) is 104 Å². The first-order valence-electron chi connectivity index (χ1n) is 14.1. The Morgan fingerprint density at radius 1 is 0.889 bits per heavy atom. The fraction of sp³-hybridized carbons (Fsp3) is 0.273. The number of nitrogens with zero attached hydrogens (tertiary/aromatic N) is 2. The normalized spacial score (nSPS) is 30.6. The number of carbonyl (C=O) groups excluding carboxylic acids is 4. The van der Waals surface area contributed by atoms with Gasteiger partial charge in [-0.2, -0.15) is 0 Å². The van der Waals surface area contributed by atoms with Gasteiger partial charge < -0.3 is 9.84 Å². The number of fused-ring (bicyclic) bond motifs is 4. The molecule has 3 fully saturated rings. The molecule has 8 nitrogen and oxygen atoms in total. The van der Waals surface area contributed by atoms with Crippen molar-refractivity contribution in [2.24, 2.45) is 17.8 Å². The number of phenolic OH excluding ortho intramolecular Hbond substituents is 1. The molecule has 1 N–H and O–H groups in total. The Labute approximate surface area is 280 Å². The van der Waals surface area contributed by atoms with Crippen LogP contribution in [-0.2, 0) is 19.2 Å². The number of alkyl halides is 2. The Morgan fingerprint density at radius 2 is 1.53 bits per heavy atom. The van der Waals surface area contributed by atoms with E-state index in [0.29, 0.717) is 16.8 Å². The van der Waals surface area contributed by atoms with E-state index in [1.807, 2.05) is 6.08 Å². The number of imide groups is 2. The number of methoxy groups -OCH3 is 1. The highest BCUT2D eigenvalue weighted by Crippen LogP contribution is 2.66. The summed E-state index contributed by atoms with van der Waals surface area (Å²) < 4.78 is 20.4. The predicted octanol–water partition coefficient (Wildman–Crippen LogP) is 5.91. The summed E-state index contributed by atoms with van der Waals surface area (Å²) in [7, 11) is 1.39. The Hall–Kier alpha value is -3.48. The van der Waals surface area contributed by atoms with Crippen molar-refractivity contribution in [1.82, 2.24) is 0 Å². The monoisotopic (exact) mass is 760 g/mol. The van der Waals surface area contributed by atoms with Crippen LogP contribution in [-0.4, -0.2) is 45.6 Å². The molecule has 2 heterocycles. The highest BCUT2D eigenvalue weighted by molar-refractivity contribution is 14.1. The van der Waals surface area contributed by atoms with Gasteiger partial charge in [0.25, 0.3) is 11.8 Å². The molecule has 4 amide bonds. The maximum absolute atomic E-state index is 14.4. The molecule has 0 bridgehead atoms. The molecule has 45 heavy (non-hydrogen) atoms. The van der Waals surface area contributed by atoms with Crippen LogP contribution in [0.15, 0.2) is 78.4 Å². The van der Waals surface area contributed by atoms with Crippen molar-refractivity contribution in [2.45, 2.75) is 28.5 Å². The zero-order chi connectivity index (χ0) is 32.0. The van der Waals surface area contributed by atoms with Crippen molar-refractivity contribution < 1.29 is 33.4 Å². The van der Waals surface area contributed by atoms with E-state index < -0.39 is 57.0 Å². The van der Waals surface area contributed by atoms with Gasteiger partial charge in [0.05, 0.1) is 30.3 Å². The lowest BCUT2D eigenvalue weighted by atomic mass is 9.56. The third-order valence-corrected chi connectivity index (χ3v) is 11.6. The molecule has 0 radical (unpaired) electrons. The quantitative estimate of drug-likeness (QED) is 0.154. The van der Waals surface area contributed by atoms with Crippen LogP contribution in [0.25, 0.3) is 0 Å². The van der Waals surface area contributed by atoms with Gasteiger partial charge in [0, 0.05) is 21.1 Å². The van der Waals surface area contributed by atoms with E-state index in [2.05, 4.69) is 22.6 Å². The molecule has 2 aliphatic carbocycles. The first-order valence-corrected chi connectivity index (χ1v) is 16.0. The van der Waals surface area contributed by atoms with Gasteiger partial charge in [-0.15, -0.1) is 23.2 Å². The van der Waals surface area contributed by atoms with Crippen molar-refractivity contribution in [3.8, 4) is 11.5 Å². The predicted molar refractivity (Wildman–Crippen MR) is 173 cm³/mol. The summed E-state index contributed by atoms with van der Waals surface area (Å²) in [6, 6.07) is 16.2. The van der Waals surface area contributed by atoms with Gasteiger partial charge >= 0.3 is 0 Å². The molecule has 2 aliphatic heterocycles. The number of hydrogen-bond acceptors (Lipinski definition) is 6. The van der Waals surface area contributed by atoms with Crippen LogP contribution in [0.4, 0.5) is 15.8 Å². The summed E-state index contributed by atoms with van der Waals surface area (Å²) in [6.45, 7) is 0. The van der Waals surface area contributed by atoms with Crippen LogP contribution in [0.3, 0.4) is 0 Å². The van der Waals surface area contributed by atoms with Gasteiger partial charge in [0.2, 0.25) is 11.8 Å². The van der Waals surface area contributed by atoms with E-state index in [-0.39, 0.29) is 35.9 Å². The maximum atomic E-state index is 14.4. The molecule has 1 saturated carbocycles. The van der Waals surface area contributed by atoms with Gasteiger partial charge in [-0.1, -0.05) is 17.7 Å². The average molecular weight is 761 g/mol. The summed E-state index contributed by atoms with van der Waals surface area (Å²) in [5, 5.41) is 10.2. The largest absolute Gasteiger partial charge is 0.508 e. The van der Waals surface area contributed by atoms with Crippen molar-refractivity contribution in [2.75, 3.05) is 16.9 Å². The molecule has 0 aromatic heterocycles. The SMILES string of the molecule is COc1cc(O)ccc1[C@H]1C2=CC[C@@H]3C(=O)N(c4ccc(I)cc4)C(=O)[C@@H]3[C@@H]2C[C@@]2(Cl)C(=O)N(c3ccc(F)cc3)C(=O)[C@@]12Cl. The number of amides is 4. The molecule has 6 atom stereocenters. The highest BCUT2D eigenvalue weighted by Gasteiger charge is 2.77. The fourth-order valence-electron chi connectivity index (χ4n) is 7.53. The van der Waals surface area contributed by atoms with E-state index in [4.69, 9.17) is 27.9 Å². The number of ether oxygens (including phenoxy) is 1. The summed E-state index contributed by atoms with van der Waals surface area (Å²) in [5.41, 5.74) is 1.48. The molecule has 12 heteroatoms. The van der Waals surface area contributed by atoms with Gasteiger partial charge in [-0.25, -0.2) is 9.29 Å². The number of aromatic hydroxyl groups is 1. The molecule has 0 unspecified atom stereocenters. The van der Waals surface area contributed by atoms with Gasteiger partial charge in [0.1, 0.15) is 17.3 Å². The van der Waals surface area contributed by atoms with E-state index in [1.54, 1.807) is 30.3 Å². The second kappa shape index (κ2) is 10.5. The van der Waals surface area contributed by atoms with Gasteiger partial charge in [-0.3, -0.25) is 24.1 Å². The average Bonchev–Trinajstić information content (AvgIpc) is 3.36. The summed E-state index contributed by atoms with van der Waals surface area (Å²) in [4.78, 5) is 54.6. The number of halogens is 4. The fourth-order valence-corrected chi connectivity index (χ4v) is 8.81. The molecule has 3 aromatic carbocycles. The van der Waals surface area contributed by atoms with Crippen LogP contribution in [0, 0.1) is 27.1 Å². The molecule has 4 aliphatic rings. The first kappa shape index (κ1) is 30.2. The Morgan fingerprint density at radius 3 is 2.20 bits per heavy atom.